The molecule has 1 aliphatic carbocycles. The number of benzene rings is 1. The Balaban J connectivity index is 1.37. The van der Waals surface area contributed by atoms with Gasteiger partial charge in [-0.15, -0.1) is 10.2 Å². The van der Waals surface area contributed by atoms with Crippen LogP contribution in [-0.2, 0) is 14.6 Å². The molecule has 3 heterocycles. The van der Waals surface area contributed by atoms with Gasteiger partial charge in [-0.2, -0.15) is 0 Å². The molecule has 2 saturated heterocycles. The molecule has 32 heavy (non-hydrogen) atoms. The van der Waals surface area contributed by atoms with E-state index in [9.17, 15) is 13.2 Å². The third kappa shape index (κ3) is 4.63. The average molecular weight is 496 g/mol. The van der Waals surface area contributed by atoms with Crippen molar-refractivity contribution in [3.8, 4) is 5.69 Å². The highest BCUT2D eigenvalue weighted by molar-refractivity contribution is 7.99. The fourth-order valence-electron chi connectivity index (χ4n) is 4.57. The molecule has 172 valence electrons. The molecule has 2 aromatic rings. The monoisotopic (exact) mass is 495 g/mol. The van der Waals surface area contributed by atoms with Gasteiger partial charge in [0.15, 0.2) is 15.0 Å². The summed E-state index contributed by atoms with van der Waals surface area (Å²) in [5.74, 6) is 1.19. The lowest BCUT2D eigenvalue weighted by Gasteiger charge is -2.28. The number of sulfone groups is 1. The van der Waals surface area contributed by atoms with E-state index in [0.29, 0.717) is 16.6 Å². The molecule has 0 spiro atoms. The van der Waals surface area contributed by atoms with Crippen LogP contribution in [0.1, 0.15) is 32.1 Å². The van der Waals surface area contributed by atoms with E-state index in [0.717, 1.165) is 50.4 Å². The van der Waals surface area contributed by atoms with Crippen LogP contribution in [0.5, 0.6) is 0 Å². The zero-order valence-corrected chi connectivity index (χ0v) is 20.1. The minimum Gasteiger partial charge on any atom is -0.341 e. The minimum atomic E-state index is -3.05. The van der Waals surface area contributed by atoms with Gasteiger partial charge in [0.05, 0.1) is 22.9 Å². The predicted molar refractivity (Wildman–Crippen MR) is 125 cm³/mol. The van der Waals surface area contributed by atoms with Crippen LogP contribution >= 0.6 is 23.4 Å². The molecule has 1 saturated carbocycles. The number of halogens is 1. The Morgan fingerprint density at radius 2 is 1.94 bits per heavy atom. The number of carbonyl (C=O) groups excluding carboxylic acids is 1. The van der Waals surface area contributed by atoms with Gasteiger partial charge < -0.3 is 9.80 Å². The number of anilines is 1. The molecule has 1 amide bonds. The zero-order chi connectivity index (χ0) is 22.3. The molecule has 0 radical (unpaired) electrons. The molecular formula is C21H26ClN5O3S2. The molecule has 0 N–H and O–H groups in total. The highest BCUT2D eigenvalue weighted by Gasteiger charge is 2.42. The van der Waals surface area contributed by atoms with E-state index in [4.69, 9.17) is 11.6 Å². The third-order valence-corrected chi connectivity index (χ3v) is 9.13. The number of thioether (sulfide) groups is 1. The van der Waals surface area contributed by atoms with Crippen molar-refractivity contribution in [3.63, 3.8) is 0 Å². The van der Waals surface area contributed by atoms with E-state index in [1.807, 2.05) is 33.7 Å². The first-order valence-electron chi connectivity index (χ1n) is 11.0. The van der Waals surface area contributed by atoms with Crippen LogP contribution in [0.15, 0.2) is 29.4 Å². The molecule has 1 aromatic heterocycles. The Morgan fingerprint density at radius 3 is 2.59 bits per heavy atom. The van der Waals surface area contributed by atoms with Crippen molar-refractivity contribution in [1.29, 1.82) is 0 Å². The van der Waals surface area contributed by atoms with Crippen molar-refractivity contribution in [2.45, 2.75) is 49.3 Å². The van der Waals surface area contributed by atoms with Crippen LogP contribution in [-0.4, -0.2) is 76.4 Å². The van der Waals surface area contributed by atoms with Crippen LogP contribution in [0.4, 0.5) is 5.95 Å². The lowest BCUT2D eigenvalue weighted by Crippen LogP contribution is -2.43. The van der Waals surface area contributed by atoms with Crippen LogP contribution in [0.3, 0.4) is 0 Å². The Bertz CT molecular complexity index is 1110. The SMILES string of the molecule is O=C(CSc1nnc(N2CCCC2)n1-c1cccc(Cl)c1)N(C1CC1)C1CCS(=O)(=O)C1. The standard InChI is InChI=1S/C21H26ClN5O3S2/c22-15-4-3-5-17(12-15)27-20(25-9-1-2-10-25)23-24-21(27)31-13-19(28)26(16-6-7-16)18-8-11-32(29,30)14-18/h3-5,12,16,18H,1-2,6-11,13-14H2. The van der Waals surface area contributed by atoms with E-state index in [2.05, 4.69) is 15.1 Å². The van der Waals surface area contributed by atoms with Crippen LogP contribution < -0.4 is 4.90 Å². The lowest BCUT2D eigenvalue weighted by molar-refractivity contribution is -0.130. The van der Waals surface area contributed by atoms with Crippen LogP contribution in [0.25, 0.3) is 5.69 Å². The largest absolute Gasteiger partial charge is 0.341 e. The maximum absolute atomic E-state index is 13.2. The number of rotatable bonds is 7. The van der Waals surface area contributed by atoms with Gasteiger partial charge in [0, 0.05) is 30.2 Å². The first-order valence-corrected chi connectivity index (χ1v) is 14.2. The minimum absolute atomic E-state index is 0.0250. The second-order valence-electron chi connectivity index (χ2n) is 8.67. The summed E-state index contributed by atoms with van der Waals surface area (Å²) < 4.78 is 25.9. The average Bonchev–Trinajstić information content (AvgIpc) is 3.14. The van der Waals surface area contributed by atoms with E-state index in [1.165, 1.54) is 11.8 Å². The van der Waals surface area contributed by atoms with Crippen LogP contribution in [0.2, 0.25) is 5.02 Å². The Hall–Kier alpha value is -1.78. The predicted octanol–water partition coefficient (Wildman–Crippen LogP) is 2.79. The highest BCUT2D eigenvalue weighted by Crippen LogP contribution is 2.34. The molecule has 2 aliphatic heterocycles. The second kappa shape index (κ2) is 8.87. The van der Waals surface area contributed by atoms with Gasteiger partial charge in [-0.3, -0.25) is 9.36 Å². The van der Waals surface area contributed by atoms with Crippen molar-refractivity contribution in [3.05, 3.63) is 29.3 Å². The Kier molecular flexibility index (Phi) is 6.11. The van der Waals surface area contributed by atoms with Gasteiger partial charge in [-0.1, -0.05) is 29.4 Å². The van der Waals surface area contributed by atoms with Crippen molar-refractivity contribution in [1.82, 2.24) is 19.7 Å². The van der Waals surface area contributed by atoms with E-state index in [1.54, 1.807) is 0 Å². The molecule has 5 rings (SSSR count). The molecule has 1 aromatic carbocycles. The first kappa shape index (κ1) is 22.0. The summed E-state index contributed by atoms with van der Waals surface area (Å²) in [6, 6.07) is 7.51. The maximum atomic E-state index is 13.2. The van der Waals surface area contributed by atoms with Crippen molar-refractivity contribution < 1.29 is 13.2 Å². The van der Waals surface area contributed by atoms with E-state index >= 15 is 0 Å². The topological polar surface area (TPSA) is 88.4 Å². The third-order valence-electron chi connectivity index (χ3n) is 6.23. The van der Waals surface area contributed by atoms with Crippen LogP contribution in [0, 0.1) is 0 Å². The van der Waals surface area contributed by atoms with Gasteiger partial charge in [0.2, 0.25) is 11.9 Å². The lowest BCUT2D eigenvalue weighted by atomic mass is 10.2. The molecule has 8 nitrogen and oxygen atoms in total. The number of carbonyl (C=O) groups is 1. The molecule has 3 aliphatic rings. The van der Waals surface area contributed by atoms with Crippen molar-refractivity contribution in [2.75, 3.05) is 35.2 Å². The van der Waals surface area contributed by atoms with Gasteiger partial charge in [0.25, 0.3) is 0 Å². The van der Waals surface area contributed by atoms with Gasteiger partial charge in [-0.05, 0) is 50.3 Å². The number of amides is 1. The summed E-state index contributed by atoms with van der Waals surface area (Å²) in [6.45, 7) is 1.85. The fourth-order valence-corrected chi connectivity index (χ4v) is 7.28. The summed E-state index contributed by atoms with van der Waals surface area (Å²) in [7, 11) is -3.05. The number of nitrogens with zero attached hydrogens (tertiary/aromatic N) is 5. The smallest absolute Gasteiger partial charge is 0.233 e. The molecule has 3 fully saturated rings. The van der Waals surface area contributed by atoms with Crippen molar-refractivity contribution in [2.24, 2.45) is 0 Å². The normalized spacial score (nSPS) is 22.4. The number of hydrogen-bond donors (Lipinski definition) is 0. The van der Waals surface area contributed by atoms with Crippen molar-refractivity contribution >= 4 is 45.1 Å². The zero-order valence-electron chi connectivity index (χ0n) is 17.7. The summed E-state index contributed by atoms with van der Waals surface area (Å²) in [5.41, 5.74) is 0.861. The van der Waals surface area contributed by atoms with E-state index in [-0.39, 0.29) is 35.2 Å². The fraction of sp³-hybridized carbons (Fsp3) is 0.571. The molecule has 1 unspecified atom stereocenters. The number of aromatic nitrogens is 3. The molecular weight excluding hydrogens is 470 g/mol. The summed E-state index contributed by atoms with van der Waals surface area (Å²) in [6.07, 6.45) is 4.66. The van der Waals surface area contributed by atoms with Gasteiger partial charge in [-0.25, -0.2) is 8.42 Å². The molecule has 11 heteroatoms. The van der Waals surface area contributed by atoms with E-state index < -0.39 is 9.84 Å². The molecule has 0 bridgehead atoms. The second-order valence-corrected chi connectivity index (χ2v) is 12.3. The van der Waals surface area contributed by atoms with Gasteiger partial charge in [0.1, 0.15) is 0 Å². The summed E-state index contributed by atoms with van der Waals surface area (Å²) in [4.78, 5) is 17.2. The number of hydrogen-bond acceptors (Lipinski definition) is 7. The maximum Gasteiger partial charge on any atom is 0.233 e. The quantitative estimate of drug-likeness (QED) is 0.545. The summed E-state index contributed by atoms with van der Waals surface area (Å²) >= 11 is 7.59. The first-order chi connectivity index (χ1) is 15.4. The molecule has 1 atom stereocenters. The Morgan fingerprint density at radius 1 is 1.16 bits per heavy atom. The summed E-state index contributed by atoms with van der Waals surface area (Å²) in [5, 5.41) is 10.1. The van der Waals surface area contributed by atoms with Gasteiger partial charge >= 0.3 is 0 Å². The highest BCUT2D eigenvalue weighted by atomic mass is 35.5. The Labute approximate surface area is 197 Å².